The van der Waals surface area contributed by atoms with Crippen LogP contribution < -0.4 is 15.2 Å². The lowest BCUT2D eigenvalue weighted by molar-refractivity contribution is 0.291. The van der Waals surface area contributed by atoms with E-state index in [-0.39, 0.29) is 0 Å². The number of hydrogen-bond donors (Lipinski definition) is 1. The maximum atomic E-state index is 5.99. The van der Waals surface area contributed by atoms with Gasteiger partial charge >= 0.3 is 0 Å². The molecule has 1 aromatic carbocycles. The summed E-state index contributed by atoms with van der Waals surface area (Å²) in [6, 6.07) is 3.63. The SMILES string of the molecule is CCCOc1c(CCN)cc(Cl)cc1OC. The summed E-state index contributed by atoms with van der Waals surface area (Å²) in [5.41, 5.74) is 6.56. The molecular weight excluding hydrogens is 226 g/mol. The smallest absolute Gasteiger partial charge is 0.164 e. The normalized spacial score (nSPS) is 10.2. The fourth-order valence-corrected chi connectivity index (χ4v) is 1.71. The molecule has 0 unspecified atom stereocenters. The van der Waals surface area contributed by atoms with E-state index in [1.165, 1.54) is 0 Å². The maximum absolute atomic E-state index is 5.99. The number of halogens is 1. The lowest BCUT2D eigenvalue weighted by Crippen LogP contribution is -2.07. The lowest BCUT2D eigenvalue weighted by Gasteiger charge is -2.15. The predicted molar refractivity (Wildman–Crippen MR) is 66.5 cm³/mol. The largest absolute Gasteiger partial charge is 0.493 e. The van der Waals surface area contributed by atoms with Gasteiger partial charge < -0.3 is 15.2 Å². The van der Waals surface area contributed by atoms with Gasteiger partial charge in [0.25, 0.3) is 0 Å². The molecular formula is C12H18ClNO2. The summed E-state index contributed by atoms with van der Waals surface area (Å²) >= 11 is 5.99. The maximum Gasteiger partial charge on any atom is 0.164 e. The highest BCUT2D eigenvalue weighted by Gasteiger charge is 2.11. The molecule has 90 valence electrons. The molecule has 0 fully saturated rings. The first kappa shape index (κ1) is 13.1. The zero-order valence-electron chi connectivity index (χ0n) is 9.75. The van der Waals surface area contributed by atoms with Crippen molar-refractivity contribution in [3.05, 3.63) is 22.7 Å². The summed E-state index contributed by atoms with van der Waals surface area (Å²) < 4.78 is 10.9. The Balaban J connectivity index is 3.05. The zero-order valence-corrected chi connectivity index (χ0v) is 10.5. The van der Waals surface area contributed by atoms with Crippen molar-refractivity contribution in [2.75, 3.05) is 20.3 Å². The first-order chi connectivity index (χ1) is 7.72. The monoisotopic (exact) mass is 243 g/mol. The molecule has 0 bridgehead atoms. The van der Waals surface area contributed by atoms with Crippen LogP contribution >= 0.6 is 11.6 Å². The standard InChI is InChI=1S/C12H18ClNO2/c1-3-6-16-12-9(4-5-14)7-10(13)8-11(12)15-2/h7-8H,3-6,14H2,1-2H3. The highest BCUT2D eigenvalue weighted by atomic mass is 35.5. The number of methoxy groups -OCH3 is 1. The van der Waals surface area contributed by atoms with Crippen LogP contribution in [0, 0.1) is 0 Å². The molecule has 0 radical (unpaired) electrons. The predicted octanol–water partition coefficient (Wildman–Crippen LogP) is 2.64. The highest BCUT2D eigenvalue weighted by Crippen LogP contribution is 2.35. The van der Waals surface area contributed by atoms with Crippen LogP contribution in [-0.2, 0) is 6.42 Å². The minimum absolute atomic E-state index is 0.561. The van der Waals surface area contributed by atoms with Gasteiger partial charge in [-0.15, -0.1) is 0 Å². The Hall–Kier alpha value is -0.930. The van der Waals surface area contributed by atoms with Gasteiger partial charge in [-0.3, -0.25) is 0 Å². The molecule has 0 atom stereocenters. The van der Waals surface area contributed by atoms with Gasteiger partial charge in [-0.05, 0) is 25.5 Å². The molecule has 1 rings (SSSR count). The van der Waals surface area contributed by atoms with Gasteiger partial charge in [0.1, 0.15) is 0 Å². The number of benzene rings is 1. The second-order valence-corrected chi connectivity index (χ2v) is 3.92. The molecule has 0 aliphatic rings. The van der Waals surface area contributed by atoms with Crippen LogP contribution in [0.2, 0.25) is 5.02 Å². The van der Waals surface area contributed by atoms with Crippen LogP contribution in [0.15, 0.2) is 12.1 Å². The average Bonchev–Trinajstić information content (AvgIpc) is 2.27. The van der Waals surface area contributed by atoms with Crippen LogP contribution in [0.25, 0.3) is 0 Å². The Morgan fingerprint density at radius 1 is 1.38 bits per heavy atom. The van der Waals surface area contributed by atoms with E-state index in [2.05, 4.69) is 6.92 Å². The molecule has 0 amide bonds. The molecule has 0 heterocycles. The average molecular weight is 244 g/mol. The van der Waals surface area contributed by atoms with Crippen molar-refractivity contribution in [2.24, 2.45) is 5.73 Å². The molecule has 0 saturated heterocycles. The van der Waals surface area contributed by atoms with E-state index < -0.39 is 0 Å². The molecule has 4 heteroatoms. The Morgan fingerprint density at radius 3 is 2.69 bits per heavy atom. The quantitative estimate of drug-likeness (QED) is 0.836. The fraction of sp³-hybridized carbons (Fsp3) is 0.500. The molecule has 0 spiro atoms. The summed E-state index contributed by atoms with van der Waals surface area (Å²) in [4.78, 5) is 0. The topological polar surface area (TPSA) is 44.5 Å². The van der Waals surface area contributed by atoms with Gasteiger partial charge in [-0.1, -0.05) is 18.5 Å². The van der Waals surface area contributed by atoms with E-state index in [9.17, 15) is 0 Å². The van der Waals surface area contributed by atoms with Crippen molar-refractivity contribution < 1.29 is 9.47 Å². The summed E-state index contributed by atoms with van der Waals surface area (Å²) in [5.74, 6) is 1.43. The minimum Gasteiger partial charge on any atom is -0.493 e. The number of rotatable bonds is 6. The van der Waals surface area contributed by atoms with Crippen molar-refractivity contribution in [2.45, 2.75) is 19.8 Å². The number of hydrogen-bond acceptors (Lipinski definition) is 3. The Bertz CT molecular complexity index is 342. The van der Waals surface area contributed by atoms with Gasteiger partial charge in [-0.2, -0.15) is 0 Å². The van der Waals surface area contributed by atoms with E-state index in [0.29, 0.717) is 23.9 Å². The van der Waals surface area contributed by atoms with Gasteiger partial charge in [0.15, 0.2) is 11.5 Å². The Labute approximate surface area is 101 Å². The summed E-state index contributed by atoms with van der Waals surface area (Å²) in [6.07, 6.45) is 1.68. The Morgan fingerprint density at radius 2 is 2.12 bits per heavy atom. The summed E-state index contributed by atoms with van der Waals surface area (Å²) in [5, 5.41) is 0.643. The van der Waals surface area contributed by atoms with Gasteiger partial charge in [0.2, 0.25) is 0 Å². The third-order valence-electron chi connectivity index (χ3n) is 2.18. The highest BCUT2D eigenvalue weighted by molar-refractivity contribution is 6.30. The molecule has 0 aliphatic carbocycles. The van der Waals surface area contributed by atoms with Gasteiger partial charge in [-0.25, -0.2) is 0 Å². The molecule has 2 N–H and O–H groups in total. The first-order valence-electron chi connectivity index (χ1n) is 5.42. The van der Waals surface area contributed by atoms with Crippen molar-refractivity contribution in [1.82, 2.24) is 0 Å². The third kappa shape index (κ3) is 3.29. The number of ether oxygens (including phenoxy) is 2. The van der Waals surface area contributed by atoms with Gasteiger partial charge in [0, 0.05) is 16.7 Å². The molecule has 0 aliphatic heterocycles. The lowest BCUT2D eigenvalue weighted by atomic mass is 10.1. The van der Waals surface area contributed by atoms with E-state index in [1.807, 2.05) is 6.07 Å². The van der Waals surface area contributed by atoms with Crippen molar-refractivity contribution in [3.8, 4) is 11.5 Å². The Kier molecular flexibility index (Phi) is 5.43. The van der Waals surface area contributed by atoms with Crippen LogP contribution in [0.5, 0.6) is 11.5 Å². The molecule has 3 nitrogen and oxygen atoms in total. The second-order valence-electron chi connectivity index (χ2n) is 3.48. The summed E-state index contributed by atoms with van der Waals surface area (Å²) in [7, 11) is 1.61. The fourth-order valence-electron chi connectivity index (χ4n) is 1.48. The van der Waals surface area contributed by atoms with Crippen LogP contribution in [0.1, 0.15) is 18.9 Å². The molecule has 1 aromatic rings. The van der Waals surface area contributed by atoms with Gasteiger partial charge in [0.05, 0.1) is 13.7 Å². The summed E-state index contributed by atoms with van der Waals surface area (Å²) in [6.45, 7) is 3.28. The van der Waals surface area contributed by atoms with Crippen LogP contribution in [0.4, 0.5) is 0 Å². The second kappa shape index (κ2) is 6.61. The molecule has 0 aromatic heterocycles. The van der Waals surface area contributed by atoms with Crippen molar-refractivity contribution in [1.29, 1.82) is 0 Å². The van der Waals surface area contributed by atoms with E-state index in [1.54, 1.807) is 13.2 Å². The van der Waals surface area contributed by atoms with Crippen LogP contribution in [-0.4, -0.2) is 20.3 Å². The molecule has 16 heavy (non-hydrogen) atoms. The van der Waals surface area contributed by atoms with E-state index in [0.717, 1.165) is 24.2 Å². The van der Waals surface area contributed by atoms with Crippen LogP contribution in [0.3, 0.4) is 0 Å². The first-order valence-corrected chi connectivity index (χ1v) is 5.80. The number of nitrogens with two attached hydrogens (primary N) is 1. The minimum atomic E-state index is 0.561. The zero-order chi connectivity index (χ0) is 12.0. The van der Waals surface area contributed by atoms with E-state index in [4.69, 9.17) is 26.8 Å². The molecule has 0 saturated carbocycles. The third-order valence-corrected chi connectivity index (χ3v) is 2.40. The van der Waals surface area contributed by atoms with Crippen molar-refractivity contribution in [3.63, 3.8) is 0 Å². The van der Waals surface area contributed by atoms with Crippen molar-refractivity contribution >= 4 is 11.6 Å². The van der Waals surface area contributed by atoms with E-state index >= 15 is 0 Å².